The molecule has 2 fully saturated rings. The molecule has 1 saturated carbocycles. The Morgan fingerprint density at radius 2 is 1.88 bits per heavy atom. The summed E-state index contributed by atoms with van der Waals surface area (Å²) in [6.07, 6.45) is 4.46. The molecule has 0 amide bonds. The molecule has 1 aliphatic carbocycles. The monoisotopic (exact) mass is 468 g/mol. The number of nitrogens with one attached hydrogen (secondary N) is 1. The third-order valence-electron chi connectivity index (χ3n) is 6.88. The van der Waals surface area contributed by atoms with Crippen LogP contribution in [0.25, 0.3) is 33.3 Å². The predicted octanol–water partition coefficient (Wildman–Crippen LogP) is 4.67. The van der Waals surface area contributed by atoms with Gasteiger partial charge in [-0.15, -0.1) is 0 Å². The summed E-state index contributed by atoms with van der Waals surface area (Å²) in [6, 6.07) is 2.72. The van der Waals surface area contributed by atoms with Crippen molar-refractivity contribution >= 4 is 27.8 Å². The molecule has 5 heterocycles. The maximum absolute atomic E-state index is 13.3. The van der Waals surface area contributed by atoms with Gasteiger partial charge in [-0.05, 0) is 55.2 Å². The first-order valence-corrected chi connectivity index (χ1v) is 11.5. The van der Waals surface area contributed by atoms with E-state index in [1.54, 1.807) is 12.3 Å². The number of alkyl halides is 3. The molecular formula is C24H23F3N6O. The van der Waals surface area contributed by atoms with Crippen molar-refractivity contribution in [2.75, 3.05) is 24.6 Å². The van der Waals surface area contributed by atoms with Crippen LogP contribution in [0.5, 0.6) is 0 Å². The molecule has 0 atom stereocenters. The van der Waals surface area contributed by atoms with Crippen molar-refractivity contribution in [2.24, 2.45) is 5.92 Å². The second-order valence-electron chi connectivity index (χ2n) is 9.18. The highest BCUT2D eigenvalue weighted by atomic mass is 19.4. The predicted molar refractivity (Wildman–Crippen MR) is 121 cm³/mol. The summed E-state index contributed by atoms with van der Waals surface area (Å²) in [5.74, 6) is 1.85. The normalized spacial score (nSPS) is 17.7. The van der Waals surface area contributed by atoms with Gasteiger partial charge in [0.1, 0.15) is 17.2 Å². The number of halogens is 3. The van der Waals surface area contributed by atoms with Gasteiger partial charge in [-0.3, -0.25) is 4.98 Å². The van der Waals surface area contributed by atoms with Gasteiger partial charge in [0.15, 0.2) is 5.82 Å². The molecule has 10 heteroatoms. The van der Waals surface area contributed by atoms with Gasteiger partial charge in [-0.1, -0.05) is 0 Å². The highest BCUT2D eigenvalue weighted by Crippen LogP contribution is 2.45. The van der Waals surface area contributed by atoms with Crippen molar-refractivity contribution in [3.8, 4) is 11.4 Å². The quantitative estimate of drug-likeness (QED) is 0.452. The SMILES string of the molecule is OCC1CCN(c2nc(-c3ccnc4[nH]c(C(F)(F)F)cc34)nc3cncc(C4CC4)c23)CC1. The lowest BCUT2D eigenvalue weighted by molar-refractivity contribution is -0.140. The van der Waals surface area contributed by atoms with Gasteiger partial charge in [0.05, 0.1) is 11.7 Å². The standard InChI is InChI=1S/C24H23F3N6O/c25-24(26,27)19-9-16-15(3-6-29-21(16)31-19)22-30-18-11-28-10-17(14-1-2-14)20(18)23(32-22)33-7-4-13(12-34)5-8-33/h3,6,9-11,13-14,34H,1-2,4-5,7-8,12H2,(H,29,31). The highest BCUT2D eigenvalue weighted by molar-refractivity contribution is 5.97. The minimum atomic E-state index is -4.51. The lowest BCUT2D eigenvalue weighted by atomic mass is 9.97. The molecule has 176 valence electrons. The number of hydrogen-bond donors (Lipinski definition) is 2. The van der Waals surface area contributed by atoms with Crippen LogP contribution in [0.4, 0.5) is 19.0 Å². The molecule has 0 spiro atoms. The van der Waals surface area contributed by atoms with Gasteiger partial charge in [0, 0.05) is 48.4 Å². The molecule has 0 bridgehead atoms. The van der Waals surface area contributed by atoms with Crippen LogP contribution in [-0.2, 0) is 6.18 Å². The van der Waals surface area contributed by atoms with Gasteiger partial charge in [-0.2, -0.15) is 13.2 Å². The van der Waals surface area contributed by atoms with E-state index >= 15 is 0 Å². The number of pyridine rings is 2. The van der Waals surface area contributed by atoms with Crippen molar-refractivity contribution in [1.82, 2.24) is 24.9 Å². The van der Waals surface area contributed by atoms with Crippen LogP contribution in [0.2, 0.25) is 0 Å². The average Bonchev–Trinajstić information content (AvgIpc) is 3.59. The number of fused-ring (bicyclic) bond motifs is 2. The Morgan fingerprint density at radius 3 is 2.59 bits per heavy atom. The molecule has 2 aliphatic rings. The first-order chi connectivity index (χ1) is 16.4. The van der Waals surface area contributed by atoms with Crippen LogP contribution in [-0.4, -0.2) is 49.7 Å². The van der Waals surface area contributed by atoms with Crippen molar-refractivity contribution in [1.29, 1.82) is 0 Å². The Hall–Kier alpha value is -3.27. The Balaban J connectivity index is 1.54. The average molecular weight is 468 g/mol. The van der Waals surface area contributed by atoms with E-state index < -0.39 is 11.9 Å². The highest BCUT2D eigenvalue weighted by Gasteiger charge is 2.34. The van der Waals surface area contributed by atoms with Crippen LogP contribution >= 0.6 is 0 Å². The fourth-order valence-electron chi connectivity index (χ4n) is 4.84. The number of aliphatic hydroxyl groups is 1. The molecule has 6 rings (SSSR count). The summed E-state index contributed by atoms with van der Waals surface area (Å²) in [5, 5.41) is 10.9. The van der Waals surface area contributed by atoms with Crippen LogP contribution in [0.1, 0.15) is 42.9 Å². The van der Waals surface area contributed by atoms with Gasteiger partial charge >= 0.3 is 6.18 Å². The second-order valence-corrected chi connectivity index (χ2v) is 9.18. The number of nitrogens with zero attached hydrogens (tertiary/aromatic N) is 5. The van der Waals surface area contributed by atoms with E-state index in [-0.39, 0.29) is 18.2 Å². The number of anilines is 1. The summed E-state index contributed by atoms with van der Waals surface area (Å²) in [4.78, 5) is 22.8. The summed E-state index contributed by atoms with van der Waals surface area (Å²) in [7, 11) is 0. The third kappa shape index (κ3) is 3.66. The molecule has 0 aromatic carbocycles. The third-order valence-corrected chi connectivity index (χ3v) is 6.88. The van der Waals surface area contributed by atoms with Crippen molar-refractivity contribution in [2.45, 2.75) is 37.8 Å². The van der Waals surface area contributed by atoms with Crippen LogP contribution in [0.15, 0.2) is 30.7 Å². The zero-order valence-corrected chi connectivity index (χ0v) is 18.3. The zero-order valence-electron chi connectivity index (χ0n) is 18.3. The van der Waals surface area contributed by atoms with Gasteiger partial charge in [0.25, 0.3) is 0 Å². The van der Waals surface area contributed by atoms with E-state index in [2.05, 4.69) is 19.9 Å². The number of aromatic nitrogens is 5. The molecule has 7 nitrogen and oxygen atoms in total. The molecule has 2 N–H and O–H groups in total. The Kier molecular flexibility index (Phi) is 4.94. The van der Waals surface area contributed by atoms with Crippen molar-refractivity contribution in [3.05, 3.63) is 42.0 Å². The minimum absolute atomic E-state index is 0.142. The lowest BCUT2D eigenvalue weighted by Crippen LogP contribution is -2.35. The number of H-pyrrole nitrogens is 1. The first kappa shape index (κ1) is 21.3. The van der Waals surface area contributed by atoms with E-state index in [4.69, 9.17) is 9.97 Å². The molecule has 4 aromatic heterocycles. The smallest absolute Gasteiger partial charge is 0.396 e. The number of aliphatic hydroxyl groups excluding tert-OH is 1. The summed E-state index contributed by atoms with van der Waals surface area (Å²) < 4.78 is 40.0. The molecule has 0 unspecified atom stereocenters. The van der Waals surface area contributed by atoms with Crippen molar-refractivity contribution in [3.63, 3.8) is 0 Å². The van der Waals surface area contributed by atoms with Crippen LogP contribution < -0.4 is 4.90 Å². The second kappa shape index (κ2) is 7.90. The van der Waals surface area contributed by atoms with E-state index in [1.807, 2.05) is 6.20 Å². The van der Waals surface area contributed by atoms with E-state index in [0.717, 1.165) is 61.6 Å². The van der Waals surface area contributed by atoms with Gasteiger partial charge in [-0.25, -0.2) is 15.0 Å². The fourth-order valence-corrected chi connectivity index (χ4v) is 4.84. The minimum Gasteiger partial charge on any atom is -0.396 e. The topological polar surface area (TPSA) is 90.8 Å². The molecule has 34 heavy (non-hydrogen) atoms. The molecule has 1 aliphatic heterocycles. The first-order valence-electron chi connectivity index (χ1n) is 11.5. The van der Waals surface area contributed by atoms with Gasteiger partial charge in [0.2, 0.25) is 0 Å². The number of piperidine rings is 1. The molecule has 4 aromatic rings. The molecular weight excluding hydrogens is 445 g/mol. The maximum atomic E-state index is 13.3. The van der Waals surface area contributed by atoms with E-state index in [9.17, 15) is 18.3 Å². The number of aromatic amines is 1. The summed E-state index contributed by atoms with van der Waals surface area (Å²) in [5.41, 5.74) is 1.59. The van der Waals surface area contributed by atoms with Gasteiger partial charge < -0.3 is 15.0 Å². The molecule has 0 radical (unpaired) electrons. The molecule has 1 saturated heterocycles. The Morgan fingerprint density at radius 1 is 1.09 bits per heavy atom. The Bertz CT molecular complexity index is 1370. The van der Waals surface area contributed by atoms with Crippen LogP contribution in [0.3, 0.4) is 0 Å². The largest absolute Gasteiger partial charge is 0.431 e. The Labute approximate surface area is 193 Å². The van der Waals surface area contributed by atoms with Crippen molar-refractivity contribution < 1.29 is 18.3 Å². The number of hydrogen-bond acceptors (Lipinski definition) is 6. The maximum Gasteiger partial charge on any atom is 0.431 e. The van der Waals surface area contributed by atoms with Crippen LogP contribution in [0, 0.1) is 5.92 Å². The zero-order chi connectivity index (χ0) is 23.4. The van der Waals surface area contributed by atoms with E-state index in [0.29, 0.717) is 28.2 Å². The summed E-state index contributed by atoms with van der Waals surface area (Å²) >= 11 is 0. The fraction of sp³-hybridized carbons (Fsp3) is 0.417. The van der Waals surface area contributed by atoms with E-state index in [1.165, 1.54) is 6.20 Å². The number of rotatable bonds is 4. The lowest BCUT2D eigenvalue weighted by Gasteiger charge is -2.33. The summed E-state index contributed by atoms with van der Waals surface area (Å²) in [6.45, 7) is 1.67.